The molecule has 0 aromatic rings. The molecular weight excluding hydrogens is 368 g/mol. The zero-order chi connectivity index (χ0) is 22.0. The maximum atomic E-state index is 10.3. The van der Waals surface area contributed by atoms with Gasteiger partial charge in [-0.1, -0.05) is 113 Å². The Morgan fingerprint density at radius 1 is 0.533 bits per heavy atom. The molecule has 0 aromatic carbocycles. The van der Waals surface area contributed by atoms with Gasteiger partial charge in [-0.3, -0.25) is 0 Å². The first kappa shape index (κ1) is 28.2. The van der Waals surface area contributed by atoms with Gasteiger partial charge in [0.2, 0.25) is 0 Å². The first-order valence-electron chi connectivity index (χ1n) is 12.2. The van der Waals surface area contributed by atoms with Crippen LogP contribution in [0.2, 0.25) is 0 Å². The predicted octanol–water partition coefficient (Wildman–Crippen LogP) is 7.78. The number of carboxylic acids is 1. The zero-order valence-corrected chi connectivity index (χ0v) is 19.4. The number of allylic oxidation sites excluding steroid dienone is 10. The Labute approximate surface area is 186 Å². The molecular formula is C28H45O2-. The van der Waals surface area contributed by atoms with Crippen molar-refractivity contribution in [3.8, 4) is 0 Å². The largest absolute Gasteiger partial charge is 0.550 e. The van der Waals surface area contributed by atoms with Crippen molar-refractivity contribution in [1.82, 2.24) is 0 Å². The molecule has 0 rings (SSSR count). The summed E-state index contributed by atoms with van der Waals surface area (Å²) in [5.74, 6) is -0.914. The topological polar surface area (TPSA) is 40.1 Å². The summed E-state index contributed by atoms with van der Waals surface area (Å²) in [6.07, 6.45) is 39.8. The van der Waals surface area contributed by atoms with Gasteiger partial charge in [0.05, 0.1) is 0 Å². The summed E-state index contributed by atoms with van der Waals surface area (Å²) in [5.41, 5.74) is 0. The number of carboxylic acid groups (broad SMARTS) is 1. The van der Waals surface area contributed by atoms with E-state index in [2.05, 4.69) is 67.7 Å². The van der Waals surface area contributed by atoms with E-state index in [1.807, 2.05) is 0 Å². The minimum Gasteiger partial charge on any atom is -0.550 e. The van der Waals surface area contributed by atoms with Gasteiger partial charge in [-0.2, -0.15) is 0 Å². The Morgan fingerprint density at radius 2 is 0.900 bits per heavy atom. The summed E-state index contributed by atoms with van der Waals surface area (Å²) < 4.78 is 0. The van der Waals surface area contributed by atoms with Crippen LogP contribution in [0.25, 0.3) is 0 Å². The molecule has 0 aliphatic rings. The normalized spacial score (nSPS) is 12.6. The summed E-state index contributed by atoms with van der Waals surface area (Å²) in [6, 6.07) is 0. The highest BCUT2D eigenvalue weighted by Gasteiger charge is 1.93. The van der Waals surface area contributed by atoms with Crippen LogP contribution in [0, 0.1) is 0 Å². The SMILES string of the molecule is CC/C=C\C/C=C\C/C=C\C/C=C\C/C=C\CCCCCCCCCCCC(=O)[O-]. The van der Waals surface area contributed by atoms with E-state index in [1.165, 1.54) is 44.9 Å². The van der Waals surface area contributed by atoms with Gasteiger partial charge in [0, 0.05) is 5.97 Å². The summed E-state index contributed by atoms with van der Waals surface area (Å²) >= 11 is 0. The van der Waals surface area contributed by atoms with E-state index in [0.717, 1.165) is 51.4 Å². The molecule has 0 bridgehead atoms. The number of aliphatic carboxylic acids is 1. The van der Waals surface area contributed by atoms with Crippen molar-refractivity contribution in [3.05, 3.63) is 60.8 Å². The molecule has 2 heteroatoms. The molecule has 0 spiro atoms. The second kappa shape index (κ2) is 25.2. The van der Waals surface area contributed by atoms with Crippen molar-refractivity contribution in [2.75, 3.05) is 0 Å². The molecule has 0 amide bonds. The number of rotatable bonds is 21. The van der Waals surface area contributed by atoms with Crippen LogP contribution in [0.4, 0.5) is 0 Å². The van der Waals surface area contributed by atoms with Crippen LogP contribution in [0.1, 0.15) is 110 Å². The zero-order valence-electron chi connectivity index (χ0n) is 19.4. The molecule has 0 radical (unpaired) electrons. The Morgan fingerprint density at radius 3 is 1.33 bits per heavy atom. The van der Waals surface area contributed by atoms with E-state index in [1.54, 1.807) is 0 Å². The highest BCUT2D eigenvalue weighted by Crippen LogP contribution is 2.11. The fourth-order valence-corrected chi connectivity index (χ4v) is 3.14. The van der Waals surface area contributed by atoms with E-state index in [9.17, 15) is 9.90 Å². The quantitative estimate of drug-likeness (QED) is 0.142. The second-order valence-electron chi connectivity index (χ2n) is 7.80. The lowest BCUT2D eigenvalue weighted by molar-refractivity contribution is -0.305. The molecule has 0 fully saturated rings. The van der Waals surface area contributed by atoms with Gasteiger partial charge in [-0.15, -0.1) is 0 Å². The van der Waals surface area contributed by atoms with Gasteiger partial charge < -0.3 is 9.90 Å². The lowest BCUT2D eigenvalue weighted by Crippen LogP contribution is -2.21. The molecule has 0 saturated heterocycles. The fraction of sp³-hybridized carbons (Fsp3) is 0.607. The third kappa shape index (κ3) is 26.2. The standard InChI is InChI=1S/C28H46O2/c1-2-3-4-5-6-7-8-9-10-11-12-13-14-15-16-17-18-19-20-21-22-23-24-25-26-27-28(29)30/h3-4,6-7,9-10,12-13,15-16H,2,5,8,11,14,17-27H2,1H3,(H,29,30)/p-1/b4-3-,7-6-,10-9-,13-12-,16-15-. The maximum Gasteiger partial charge on any atom is 0.0414 e. The Hall–Kier alpha value is -1.83. The third-order valence-corrected chi connectivity index (χ3v) is 4.91. The molecule has 0 aromatic heterocycles. The molecule has 0 N–H and O–H groups in total. The average Bonchev–Trinajstić information content (AvgIpc) is 2.73. The molecule has 0 saturated carbocycles. The molecule has 30 heavy (non-hydrogen) atoms. The lowest BCUT2D eigenvalue weighted by Gasteiger charge is -2.03. The van der Waals surface area contributed by atoms with E-state index in [0.29, 0.717) is 0 Å². The van der Waals surface area contributed by atoms with Crippen molar-refractivity contribution in [1.29, 1.82) is 0 Å². The first-order valence-corrected chi connectivity index (χ1v) is 12.2. The smallest absolute Gasteiger partial charge is 0.0414 e. The van der Waals surface area contributed by atoms with Crippen molar-refractivity contribution in [3.63, 3.8) is 0 Å². The molecule has 0 heterocycles. The summed E-state index contributed by atoms with van der Waals surface area (Å²) in [4.78, 5) is 10.3. The Kier molecular flexibility index (Phi) is 23.7. The van der Waals surface area contributed by atoms with E-state index >= 15 is 0 Å². The molecule has 0 aliphatic heterocycles. The number of carbonyl (C=O) groups is 1. The molecule has 0 atom stereocenters. The van der Waals surface area contributed by atoms with Gasteiger partial charge in [0.25, 0.3) is 0 Å². The van der Waals surface area contributed by atoms with E-state index in [4.69, 9.17) is 0 Å². The average molecular weight is 414 g/mol. The second-order valence-corrected chi connectivity index (χ2v) is 7.80. The highest BCUT2D eigenvalue weighted by atomic mass is 16.4. The number of unbranched alkanes of at least 4 members (excludes halogenated alkanes) is 9. The van der Waals surface area contributed by atoms with E-state index < -0.39 is 5.97 Å². The molecule has 0 aliphatic carbocycles. The molecule has 0 unspecified atom stereocenters. The van der Waals surface area contributed by atoms with Crippen LogP contribution in [0.15, 0.2) is 60.8 Å². The van der Waals surface area contributed by atoms with Gasteiger partial charge >= 0.3 is 0 Å². The third-order valence-electron chi connectivity index (χ3n) is 4.91. The predicted molar refractivity (Wildman–Crippen MR) is 130 cm³/mol. The first-order chi connectivity index (χ1) is 14.8. The van der Waals surface area contributed by atoms with Crippen LogP contribution in [-0.4, -0.2) is 5.97 Å². The summed E-state index contributed by atoms with van der Waals surface area (Å²) in [7, 11) is 0. The van der Waals surface area contributed by atoms with Crippen LogP contribution in [0.5, 0.6) is 0 Å². The Balaban J connectivity index is 3.32. The fourth-order valence-electron chi connectivity index (χ4n) is 3.14. The minimum absolute atomic E-state index is 0.218. The Bertz CT molecular complexity index is 509. The van der Waals surface area contributed by atoms with Gasteiger partial charge in [-0.05, 0) is 57.8 Å². The summed E-state index contributed by atoms with van der Waals surface area (Å²) in [6.45, 7) is 2.16. The van der Waals surface area contributed by atoms with Gasteiger partial charge in [0.15, 0.2) is 0 Å². The van der Waals surface area contributed by atoms with Crippen LogP contribution in [0.3, 0.4) is 0 Å². The lowest BCUT2D eigenvalue weighted by atomic mass is 10.1. The van der Waals surface area contributed by atoms with Crippen molar-refractivity contribution < 1.29 is 9.90 Å². The van der Waals surface area contributed by atoms with Gasteiger partial charge in [0.1, 0.15) is 0 Å². The highest BCUT2D eigenvalue weighted by molar-refractivity contribution is 5.64. The van der Waals surface area contributed by atoms with Crippen molar-refractivity contribution in [2.45, 2.75) is 110 Å². The molecule has 2 nitrogen and oxygen atoms in total. The van der Waals surface area contributed by atoms with E-state index in [-0.39, 0.29) is 6.42 Å². The summed E-state index contributed by atoms with van der Waals surface area (Å²) in [5, 5.41) is 10.3. The van der Waals surface area contributed by atoms with Crippen LogP contribution in [-0.2, 0) is 4.79 Å². The number of hydrogen-bond donors (Lipinski definition) is 0. The monoisotopic (exact) mass is 413 g/mol. The maximum absolute atomic E-state index is 10.3. The van der Waals surface area contributed by atoms with Crippen molar-refractivity contribution >= 4 is 5.97 Å². The number of carbonyl (C=O) groups excluding carboxylic acids is 1. The molecule has 170 valence electrons. The van der Waals surface area contributed by atoms with Crippen LogP contribution >= 0.6 is 0 Å². The van der Waals surface area contributed by atoms with Crippen LogP contribution < -0.4 is 5.11 Å². The number of hydrogen-bond acceptors (Lipinski definition) is 2. The van der Waals surface area contributed by atoms with Crippen molar-refractivity contribution in [2.24, 2.45) is 0 Å². The van der Waals surface area contributed by atoms with Gasteiger partial charge in [-0.25, -0.2) is 0 Å². The minimum atomic E-state index is -0.914.